The van der Waals surface area contributed by atoms with Crippen molar-refractivity contribution in [3.63, 3.8) is 0 Å². The summed E-state index contributed by atoms with van der Waals surface area (Å²) >= 11 is 1.13. The monoisotopic (exact) mass is 397 g/mol. The average Bonchev–Trinajstić information content (AvgIpc) is 3.12. The molecule has 1 aromatic carbocycles. The number of alkyl halides is 2. The number of benzene rings is 1. The highest BCUT2D eigenvalue weighted by Crippen LogP contribution is 2.34. The number of halogens is 2. The van der Waals surface area contributed by atoms with Gasteiger partial charge >= 0.3 is 6.61 Å². The summed E-state index contributed by atoms with van der Waals surface area (Å²) in [5.41, 5.74) is 0.184. The fourth-order valence-electron chi connectivity index (χ4n) is 2.99. The predicted octanol–water partition coefficient (Wildman–Crippen LogP) is 4.84. The largest absolute Gasteiger partial charge is 0.433 e. The fraction of sp³-hybridized carbons (Fsp3) is 0.500. The molecule has 0 unspecified atom stereocenters. The van der Waals surface area contributed by atoms with Crippen LogP contribution in [0, 0.1) is 0 Å². The third-order valence-corrected chi connectivity index (χ3v) is 5.32. The summed E-state index contributed by atoms with van der Waals surface area (Å²) in [7, 11) is 0. The normalized spacial score (nSPS) is 16.3. The zero-order valence-corrected chi connectivity index (χ0v) is 15.7. The Morgan fingerprint density at radius 2 is 2.00 bits per heavy atom. The van der Waals surface area contributed by atoms with Crippen molar-refractivity contribution in [1.82, 2.24) is 10.2 Å². The van der Waals surface area contributed by atoms with E-state index in [9.17, 15) is 13.6 Å². The summed E-state index contributed by atoms with van der Waals surface area (Å²) in [5, 5.41) is 10.5. The average molecular weight is 397 g/mol. The number of anilines is 1. The number of carbonyl (C=O) groups is 1. The van der Waals surface area contributed by atoms with Crippen LogP contribution in [0.4, 0.5) is 14.5 Å². The molecule has 1 fully saturated rings. The highest BCUT2D eigenvalue weighted by Gasteiger charge is 2.24. The third kappa shape index (κ3) is 5.41. The van der Waals surface area contributed by atoms with Crippen molar-refractivity contribution in [2.75, 3.05) is 5.32 Å². The van der Waals surface area contributed by atoms with Crippen molar-refractivity contribution in [1.29, 1.82) is 0 Å². The van der Waals surface area contributed by atoms with Crippen molar-refractivity contribution in [3.8, 4) is 5.75 Å². The van der Waals surface area contributed by atoms with Crippen LogP contribution in [0.5, 0.6) is 5.75 Å². The number of nitrogens with one attached hydrogen (secondary N) is 1. The number of aromatic nitrogens is 2. The number of amides is 1. The van der Waals surface area contributed by atoms with Gasteiger partial charge in [-0.1, -0.05) is 43.2 Å². The lowest BCUT2D eigenvalue weighted by Crippen LogP contribution is -2.23. The quantitative estimate of drug-likeness (QED) is 0.674. The van der Waals surface area contributed by atoms with Gasteiger partial charge in [-0.25, -0.2) is 0 Å². The van der Waals surface area contributed by atoms with Crippen LogP contribution in [-0.4, -0.2) is 28.0 Å². The summed E-state index contributed by atoms with van der Waals surface area (Å²) in [5.74, 6) is 0.460. The van der Waals surface area contributed by atoms with Crippen LogP contribution in [0.2, 0.25) is 0 Å². The molecule has 1 aliphatic rings. The second kappa shape index (κ2) is 9.16. The molecular weight excluding hydrogens is 376 g/mol. The minimum Gasteiger partial charge on any atom is -0.433 e. The number of rotatable bonds is 7. The van der Waals surface area contributed by atoms with E-state index in [-0.39, 0.29) is 17.3 Å². The molecular formula is C18H21F2N3O3S. The van der Waals surface area contributed by atoms with Crippen molar-refractivity contribution in [3.05, 3.63) is 30.2 Å². The molecule has 27 heavy (non-hydrogen) atoms. The van der Waals surface area contributed by atoms with Crippen LogP contribution in [-0.2, 0) is 4.79 Å². The van der Waals surface area contributed by atoms with Gasteiger partial charge in [-0.3, -0.25) is 4.79 Å². The maximum atomic E-state index is 12.5. The first kappa shape index (κ1) is 19.6. The lowest BCUT2D eigenvalue weighted by molar-refractivity contribution is -0.115. The first-order valence-corrected chi connectivity index (χ1v) is 9.75. The van der Waals surface area contributed by atoms with E-state index in [1.807, 2.05) is 0 Å². The van der Waals surface area contributed by atoms with E-state index in [0.29, 0.717) is 17.0 Å². The Bertz CT molecular complexity index is 766. The third-order valence-electron chi connectivity index (χ3n) is 4.38. The number of ether oxygens (including phenoxy) is 1. The number of carbonyl (C=O) groups excluding carboxylic acids is 1. The number of para-hydroxylation sites is 2. The molecule has 0 spiro atoms. The maximum absolute atomic E-state index is 12.5. The SMILES string of the molecule is C[C@H](Sc1nnc(C2CCCCC2)o1)C(=O)Nc1ccccc1OC(F)F. The number of nitrogens with zero attached hydrogens (tertiary/aromatic N) is 2. The molecule has 0 saturated heterocycles. The molecule has 1 saturated carbocycles. The molecule has 0 radical (unpaired) electrons. The summed E-state index contributed by atoms with van der Waals surface area (Å²) in [6.07, 6.45) is 5.65. The van der Waals surface area contributed by atoms with Gasteiger partial charge in [0.05, 0.1) is 10.9 Å². The molecule has 2 aromatic rings. The molecule has 146 valence electrons. The Labute approximate surface area is 160 Å². The van der Waals surface area contributed by atoms with Crippen molar-refractivity contribution in [2.45, 2.75) is 62.0 Å². The van der Waals surface area contributed by atoms with Crippen LogP contribution in [0.25, 0.3) is 0 Å². The Kier molecular flexibility index (Phi) is 6.65. The van der Waals surface area contributed by atoms with E-state index in [4.69, 9.17) is 4.42 Å². The molecule has 9 heteroatoms. The standard InChI is InChI=1S/C18H21F2N3O3S/c1-11(15(24)21-13-9-5-6-10-14(13)25-17(19)20)27-18-23-22-16(26-18)12-7-3-2-4-8-12/h5-6,9-12,17H,2-4,7-8H2,1H3,(H,21,24)/t11-/m0/s1. The molecule has 1 amide bonds. The van der Waals surface area contributed by atoms with Gasteiger partial charge in [0, 0.05) is 5.92 Å². The number of thioether (sulfide) groups is 1. The number of hydrogen-bond acceptors (Lipinski definition) is 6. The van der Waals surface area contributed by atoms with Crippen LogP contribution in [0.3, 0.4) is 0 Å². The van der Waals surface area contributed by atoms with Crippen molar-refractivity contribution >= 4 is 23.4 Å². The van der Waals surface area contributed by atoms with Gasteiger partial charge < -0.3 is 14.5 Å². The maximum Gasteiger partial charge on any atom is 0.387 e. The number of hydrogen-bond donors (Lipinski definition) is 1. The zero-order chi connectivity index (χ0) is 19.2. The minimum atomic E-state index is -2.97. The van der Waals surface area contributed by atoms with Crippen molar-refractivity contribution in [2.24, 2.45) is 0 Å². The van der Waals surface area contributed by atoms with E-state index < -0.39 is 11.9 Å². The van der Waals surface area contributed by atoms with Gasteiger partial charge in [0.15, 0.2) is 0 Å². The molecule has 1 aromatic heterocycles. The van der Waals surface area contributed by atoms with E-state index in [1.165, 1.54) is 18.6 Å². The van der Waals surface area contributed by atoms with E-state index >= 15 is 0 Å². The Hall–Kier alpha value is -2.16. The lowest BCUT2D eigenvalue weighted by atomic mass is 9.89. The Balaban J connectivity index is 1.59. The van der Waals surface area contributed by atoms with Gasteiger partial charge in [-0.15, -0.1) is 10.2 Å². The van der Waals surface area contributed by atoms with Gasteiger partial charge in [0.1, 0.15) is 5.75 Å². The molecule has 0 aliphatic heterocycles. The molecule has 1 heterocycles. The smallest absolute Gasteiger partial charge is 0.387 e. The molecule has 1 atom stereocenters. The first-order chi connectivity index (χ1) is 13.0. The molecule has 1 aliphatic carbocycles. The van der Waals surface area contributed by atoms with Gasteiger partial charge in [-0.05, 0) is 31.9 Å². The molecule has 3 rings (SSSR count). The molecule has 6 nitrogen and oxygen atoms in total. The van der Waals surface area contributed by atoms with Gasteiger partial charge in [-0.2, -0.15) is 8.78 Å². The molecule has 0 bridgehead atoms. The predicted molar refractivity (Wildman–Crippen MR) is 97.1 cm³/mol. The van der Waals surface area contributed by atoms with Crippen LogP contribution in [0.15, 0.2) is 33.9 Å². The van der Waals surface area contributed by atoms with E-state index in [2.05, 4.69) is 20.3 Å². The zero-order valence-electron chi connectivity index (χ0n) is 14.9. The minimum absolute atomic E-state index is 0.0876. The van der Waals surface area contributed by atoms with Crippen LogP contribution >= 0.6 is 11.8 Å². The van der Waals surface area contributed by atoms with E-state index in [0.717, 1.165) is 37.4 Å². The second-order valence-corrected chi connectivity index (χ2v) is 7.66. The fourth-order valence-corrected chi connectivity index (χ4v) is 3.68. The second-order valence-electron chi connectivity index (χ2n) is 6.37. The highest BCUT2D eigenvalue weighted by atomic mass is 32.2. The van der Waals surface area contributed by atoms with E-state index in [1.54, 1.807) is 19.1 Å². The highest BCUT2D eigenvalue weighted by molar-refractivity contribution is 8.00. The van der Waals surface area contributed by atoms with Gasteiger partial charge in [0.25, 0.3) is 5.22 Å². The lowest BCUT2D eigenvalue weighted by Gasteiger charge is -2.17. The molecule has 1 N–H and O–H groups in total. The van der Waals surface area contributed by atoms with Crippen molar-refractivity contribution < 1.29 is 22.7 Å². The Morgan fingerprint density at radius 3 is 2.74 bits per heavy atom. The first-order valence-electron chi connectivity index (χ1n) is 8.87. The summed E-state index contributed by atoms with van der Waals surface area (Å²) in [6, 6.07) is 6.05. The van der Waals surface area contributed by atoms with Crippen LogP contribution in [0.1, 0.15) is 50.8 Å². The van der Waals surface area contributed by atoms with Gasteiger partial charge in [0.2, 0.25) is 11.8 Å². The Morgan fingerprint density at radius 1 is 1.26 bits per heavy atom. The summed E-state index contributed by atoms with van der Waals surface area (Å²) in [6.45, 7) is -1.28. The summed E-state index contributed by atoms with van der Waals surface area (Å²) in [4.78, 5) is 12.4. The van der Waals surface area contributed by atoms with Crippen LogP contribution < -0.4 is 10.1 Å². The topological polar surface area (TPSA) is 77.2 Å². The summed E-state index contributed by atoms with van der Waals surface area (Å²) < 4.78 is 35.1.